The van der Waals surface area contributed by atoms with E-state index in [2.05, 4.69) is 11.4 Å². The fourth-order valence-corrected chi connectivity index (χ4v) is 1.40. The lowest BCUT2D eigenvalue weighted by Crippen LogP contribution is -2.17. The van der Waals surface area contributed by atoms with Crippen molar-refractivity contribution >= 4 is 11.6 Å². The SMILES string of the molecule is CC(C)C(=O)Nc1cccc(CCCN)c1. The van der Waals surface area contributed by atoms with Crippen LogP contribution in [0.25, 0.3) is 0 Å². The van der Waals surface area contributed by atoms with Gasteiger partial charge in [-0.2, -0.15) is 0 Å². The van der Waals surface area contributed by atoms with Gasteiger partial charge in [-0.1, -0.05) is 26.0 Å². The molecule has 3 nitrogen and oxygen atoms in total. The van der Waals surface area contributed by atoms with Crippen LogP contribution in [-0.2, 0) is 11.2 Å². The second-order valence-electron chi connectivity index (χ2n) is 4.24. The maximum atomic E-state index is 11.5. The molecule has 0 aliphatic carbocycles. The fourth-order valence-electron chi connectivity index (χ4n) is 1.40. The molecular formula is C13H20N2O. The van der Waals surface area contributed by atoms with Gasteiger partial charge in [0, 0.05) is 11.6 Å². The standard InChI is InChI=1S/C13H20N2O/c1-10(2)13(16)15-12-7-3-5-11(9-12)6-4-8-14/h3,5,7,9-10H,4,6,8,14H2,1-2H3,(H,15,16). The molecule has 1 aromatic rings. The Bertz CT molecular complexity index is 348. The quantitative estimate of drug-likeness (QED) is 0.799. The van der Waals surface area contributed by atoms with Gasteiger partial charge in [0.05, 0.1) is 0 Å². The zero-order chi connectivity index (χ0) is 12.0. The van der Waals surface area contributed by atoms with Crippen molar-refractivity contribution in [2.24, 2.45) is 11.7 Å². The number of nitrogens with two attached hydrogens (primary N) is 1. The number of nitrogens with one attached hydrogen (secondary N) is 1. The van der Waals surface area contributed by atoms with Crippen molar-refractivity contribution in [2.75, 3.05) is 11.9 Å². The first-order valence-electron chi connectivity index (χ1n) is 5.73. The van der Waals surface area contributed by atoms with Gasteiger partial charge >= 0.3 is 0 Å². The van der Waals surface area contributed by atoms with E-state index in [1.807, 2.05) is 32.0 Å². The van der Waals surface area contributed by atoms with Crippen molar-refractivity contribution in [1.82, 2.24) is 0 Å². The lowest BCUT2D eigenvalue weighted by molar-refractivity contribution is -0.118. The molecule has 0 aromatic heterocycles. The Morgan fingerprint density at radius 1 is 1.44 bits per heavy atom. The number of hydrogen-bond donors (Lipinski definition) is 2. The fraction of sp³-hybridized carbons (Fsp3) is 0.462. The van der Waals surface area contributed by atoms with Crippen LogP contribution in [0.2, 0.25) is 0 Å². The molecule has 3 heteroatoms. The first kappa shape index (κ1) is 12.7. The summed E-state index contributed by atoms with van der Waals surface area (Å²) in [5.41, 5.74) is 7.55. The minimum atomic E-state index is 0.00713. The summed E-state index contributed by atoms with van der Waals surface area (Å²) in [5.74, 6) is 0.0590. The van der Waals surface area contributed by atoms with Gasteiger partial charge in [-0.05, 0) is 37.1 Å². The second-order valence-corrected chi connectivity index (χ2v) is 4.24. The summed E-state index contributed by atoms with van der Waals surface area (Å²) in [5, 5.41) is 2.89. The Labute approximate surface area is 97.0 Å². The van der Waals surface area contributed by atoms with E-state index in [0.29, 0.717) is 6.54 Å². The normalized spacial score (nSPS) is 10.5. The first-order chi connectivity index (χ1) is 7.63. The van der Waals surface area contributed by atoms with Gasteiger partial charge in [0.25, 0.3) is 0 Å². The molecule has 1 aromatic carbocycles. The molecule has 0 aliphatic rings. The zero-order valence-electron chi connectivity index (χ0n) is 9.99. The third-order valence-corrected chi connectivity index (χ3v) is 2.39. The molecule has 1 rings (SSSR count). The average molecular weight is 220 g/mol. The molecule has 1 amide bonds. The summed E-state index contributed by atoms with van der Waals surface area (Å²) >= 11 is 0. The van der Waals surface area contributed by atoms with Crippen molar-refractivity contribution < 1.29 is 4.79 Å². The highest BCUT2D eigenvalue weighted by Gasteiger charge is 2.06. The van der Waals surface area contributed by atoms with E-state index in [9.17, 15) is 4.79 Å². The van der Waals surface area contributed by atoms with Crippen LogP contribution in [0.3, 0.4) is 0 Å². The van der Waals surface area contributed by atoms with Crippen LogP contribution in [0.4, 0.5) is 5.69 Å². The van der Waals surface area contributed by atoms with Crippen LogP contribution in [0.15, 0.2) is 24.3 Å². The maximum absolute atomic E-state index is 11.5. The van der Waals surface area contributed by atoms with Gasteiger partial charge in [-0.25, -0.2) is 0 Å². The summed E-state index contributed by atoms with van der Waals surface area (Å²) in [6.07, 6.45) is 1.93. The zero-order valence-corrected chi connectivity index (χ0v) is 9.99. The predicted molar refractivity (Wildman–Crippen MR) is 67.3 cm³/mol. The largest absolute Gasteiger partial charge is 0.330 e. The Morgan fingerprint density at radius 3 is 2.81 bits per heavy atom. The Hall–Kier alpha value is -1.35. The smallest absolute Gasteiger partial charge is 0.226 e. The molecule has 0 aliphatic heterocycles. The predicted octanol–water partition coefficient (Wildman–Crippen LogP) is 2.17. The molecule has 0 unspecified atom stereocenters. The number of hydrogen-bond acceptors (Lipinski definition) is 2. The summed E-state index contributed by atoms with van der Waals surface area (Å²) in [4.78, 5) is 11.5. The van der Waals surface area contributed by atoms with Gasteiger partial charge in [0.2, 0.25) is 5.91 Å². The summed E-state index contributed by atoms with van der Waals surface area (Å²) in [6, 6.07) is 7.94. The van der Waals surface area contributed by atoms with Crippen molar-refractivity contribution in [2.45, 2.75) is 26.7 Å². The van der Waals surface area contributed by atoms with Gasteiger partial charge in [-0.3, -0.25) is 4.79 Å². The number of benzene rings is 1. The highest BCUT2D eigenvalue weighted by molar-refractivity contribution is 5.92. The average Bonchev–Trinajstić information content (AvgIpc) is 2.26. The monoisotopic (exact) mass is 220 g/mol. The third kappa shape index (κ3) is 4.03. The van der Waals surface area contributed by atoms with Crippen LogP contribution in [-0.4, -0.2) is 12.5 Å². The van der Waals surface area contributed by atoms with Crippen molar-refractivity contribution in [3.63, 3.8) is 0 Å². The van der Waals surface area contributed by atoms with Crippen LogP contribution >= 0.6 is 0 Å². The molecule has 0 saturated carbocycles. The molecule has 3 N–H and O–H groups in total. The number of amides is 1. The van der Waals surface area contributed by atoms with Crippen molar-refractivity contribution in [3.8, 4) is 0 Å². The molecule has 0 atom stereocenters. The molecule has 88 valence electrons. The van der Waals surface area contributed by atoms with E-state index in [1.54, 1.807) is 0 Å². The Kier molecular flexibility index (Phi) is 4.99. The van der Waals surface area contributed by atoms with E-state index in [0.717, 1.165) is 18.5 Å². The van der Waals surface area contributed by atoms with E-state index in [4.69, 9.17) is 5.73 Å². The number of carbonyl (C=O) groups is 1. The number of anilines is 1. The summed E-state index contributed by atoms with van der Waals surface area (Å²) in [6.45, 7) is 4.46. The maximum Gasteiger partial charge on any atom is 0.226 e. The van der Waals surface area contributed by atoms with Crippen LogP contribution < -0.4 is 11.1 Å². The molecular weight excluding hydrogens is 200 g/mol. The van der Waals surface area contributed by atoms with Crippen LogP contribution in [0.5, 0.6) is 0 Å². The number of carbonyl (C=O) groups excluding carboxylic acids is 1. The molecule has 0 radical (unpaired) electrons. The molecule has 0 spiro atoms. The minimum Gasteiger partial charge on any atom is -0.330 e. The van der Waals surface area contributed by atoms with Gasteiger partial charge in [-0.15, -0.1) is 0 Å². The highest BCUT2D eigenvalue weighted by atomic mass is 16.1. The number of rotatable bonds is 5. The molecule has 0 heterocycles. The third-order valence-electron chi connectivity index (χ3n) is 2.39. The molecule has 0 fully saturated rings. The Morgan fingerprint density at radius 2 is 2.19 bits per heavy atom. The van der Waals surface area contributed by atoms with Gasteiger partial charge in [0.15, 0.2) is 0 Å². The lowest BCUT2D eigenvalue weighted by atomic mass is 10.1. The number of aryl methyl sites for hydroxylation is 1. The minimum absolute atomic E-state index is 0.00713. The Balaban J connectivity index is 2.63. The van der Waals surface area contributed by atoms with E-state index < -0.39 is 0 Å². The topological polar surface area (TPSA) is 55.1 Å². The molecule has 0 saturated heterocycles. The van der Waals surface area contributed by atoms with E-state index >= 15 is 0 Å². The van der Waals surface area contributed by atoms with Crippen LogP contribution in [0, 0.1) is 5.92 Å². The van der Waals surface area contributed by atoms with Crippen molar-refractivity contribution in [3.05, 3.63) is 29.8 Å². The molecule has 16 heavy (non-hydrogen) atoms. The second kappa shape index (κ2) is 6.28. The van der Waals surface area contributed by atoms with Gasteiger partial charge < -0.3 is 11.1 Å². The highest BCUT2D eigenvalue weighted by Crippen LogP contribution is 2.13. The first-order valence-corrected chi connectivity index (χ1v) is 5.73. The van der Waals surface area contributed by atoms with E-state index in [-0.39, 0.29) is 11.8 Å². The molecule has 0 bridgehead atoms. The van der Waals surface area contributed by atoms with Gasteiger partial charge in [0.1, 0.15) is 0 Å². The summed E-state index contributed by atoms with van der Waals surface area (Å²) in [7, 11) is 0. The summed E-state index contributed by atoms with van der Waals surface area (Å²) < 4.78 is 0. The lowest BCUT2D eigenvalue weighted by Gasteiger charge is -2.09. The van der Waals surface area contributed by atoms with Crippen molar-refractivity contribution in [1.29, 1.82) is 0 Å². The van der Waals surface area contributed by atoms with Crippen LogP contribution in [0.1, 0.15) is 25.8 Å². The van der Waals surface area contributed by atoms with E-state index in [1.165, 1.54) is 5.56 Å².